The number of hydrogen-bond acceptors (Lipinski definition) is 6. The molecule has 2 aliphatic heterocycles. The van der Waals surface area contributed by atoms with Crippen LogP contribution in [-0.4, -0.2) is 103 Å². The Bertz CT molecular complexity index is 893. The Hall–Kier alpha value is -1.90. The van der Waals surface area contributed by atoms with Crippen molar-refractivity contribution >= 4 is 16.1 Å². The summed E-state index contributed by atoms with van der Waals surface area (Å²) in [5.41, 5.74) is -1.15. The standard InChI is InChI=1S/C19H28N4O5S/c1-19(2,25)7-6-16-4-5-17(28-16)18(24)21-10-14-23(15-11-21)29(26,27)22-12-8-20(3)9-13-22/h4-5,25H,8-15H2,1-3H3. The molecule has 0 unspecified atom stereocenters. The molecule has 1 aromatic heterocycles. The summed E-state index contributed by atoms with van der Waals surface area (Å²) in [4.78, 5) is 16.3. The topological polar surface area (TPSA) is 97.5 Å². The Morgan fingerprint density at radius 2 is 1.59 bits per heavy atom. The summed E-state index contributed by atoms with van der Waals surface area (Å²) in [5, 5.41) is 9.65. The lowest BCUT2D eigenvalue weighted by atomic mass is 10.1. The number of aliphatic hydroxyl groups is 1. The number of nitrogens with zero attached hydrogens (tertiary/aromatic N) is 4. The van der Waals surface area contributed by atoms with Crippen molar-refractivity contribution in [2.45, 2.75) is 19.4 Å². The zero-order valence-electron chi connectivity index (χ0n) is 17.1. The Balaban J connectivity index is 1.58. The summed E-state index contributed by atoms with van der Waals surface area (Å²) in [7, 11) is -1.53. The minimum atomic E-state index is -3.50. The van der Waals surface area contributed by atoms with Crippen LogP contribution in [0.1, 0.15) is 30.2 Å². The first-order valence-corrected chi connectivity index (χ1v) is 11.0. The van der Waals surface area contributed by atoms with Crippen molar-refractivity contribution in [2.24, 2.45) is 0 Å². The molecule has 3 heterocycles. The van der Waals surface area contributed by atoms with E-state index in [9.17, 15) is 18.3 Å². The number of carbonyl (C=O) groups is 1. The molecule has 2 fully saturated rings. The molecule has 0 radical (unpaired) electrons. The summed E-state index contributed by atoms with van der Waals surface area (Å²) in [6.45, 7) is 6.64. The highest BCUT2D eigenvalue weighted by Gasteiger charge is 2.35. The van der Waals surface area contributed by atoms with Crippen LogP contribution in [0.15, 0.2) is 16.5 Å². The predicted octanol–water partition coefficient (Wildman–Crippen LogP) is -0.348. The van der Waals surface area contributed by atoms with E-state index in [0.717, 1.165) is 13.1 Å². The lowest BCUT2D eigenvalue weighted by Gasteiger charge is -2.38. The van der Waals surface area contributed by atoms with E-state index in [1.54, 1.807) is 30.9 Å². The number of likely N-dealkylation sites (N-methyl/N-ethyl adjacent to an activating group) is 1. The van der Waals surface area contributed by atoms with Gasteiger partial charge in [0.05, 0.1) is 0 Å². The maximum absolute atomic E-state index is 12.8. The second-order valence-electron chi connectivity index (χ2n) is 7.87. The van der Waals surface area contributed by atoms with Crippen molar-refractivity contribution in [1.82, 2.24) is 18.4 Å². The predicted molar refractivity (Wildman–Crippen MR) is 107 cm³/mol. The van der Waals surface area contributed by atoms with Gasteiger partial charge in [-0.25, -0.2) is 0 Å². The molecule has 10 heteroatoms. The first-order chi connectivity index (χ1) is 13.6. The lowest BCUT2D eigenvalue weighted by molar-refractivity contribution is 0.0660. The van der Waals surface area contributed by atoms with Crippen LogP contribution in [0.2, 0.25) is 0 Å². The third-order valence-corrected chi connectivity index (χ3v) is 6.98. The second kappa shape index (κ2) is 8.45. The first kappa shape index (κ1) is 21.8. The summed E-state index contributed by atoms with van der Waals surface area (Å²) in [5.74, 6) is 5.48. The molecule has 1 amide bonds. The zero-order valence-corrected chi connectivity index (χ0v) is 17.9. The van der Waals surface area contributed by atoms with Gasteiger partial charge in [0.25, 0.3) is 16.1 Å². The van der Waals surface area contributed by atoms with Gasteiger partial charge < -0.3 is 19.3 Å². The molecule has 0 bridgehead atoms. The van der Waals surface area contributed by atoms with Gasteiger partial charge in [-0.15, -0.1) is 0 Å². The molecule has 0 atom stereocenters. The number of amides is 1. The number of rotatable bonds is 3. The van der Waals surface area contributed by atoms with Gasteiger partial charge in [0.2, 0.25) is 0 Å². The molecule has 1 N–H and O–H groups in total. The van der Waals surface area contributed by atoms with Crippen molar-refractivity contribution in [3.05, 3.63) is 23.7 Å². The van der Waals surface area contributed by atoms with Crippen LogP contribution in [0.3, 0.4) is 0 Å². The van der Waals surface area contributed by atoms with E-state index in [2.05, 4.69) is 16.7 Å². The van der Waals surface area contributed by atoms with E-state index < -0.39 is 15.8 Å². The van der Waals surface area contributed by atoms with Crippen LogP contribution in [0.5, 0.6) is 0 Å². The largest absolute Gasteiger partial charge is 0.443 e. The van der Waals surface area contributed by atoms with E-state index in [0.29, 0.717) is 31.9 Å². The van der Waals surface area contributed by atoms with Crippen LogP contribution >= 0.6 is 0 Å². The SMILES string of the molecule is CN1CCN(S(=O)(=O)N2CCN(C(=O)c3ccc(C#CC(C)(C)O)o3)CC2)CC1. The second-order valence-corrected chi connectivity index (χ2v) is 9.80. The molecular weight excluding hydrogens is 396 g/mol. The maximum atomic E-state index is 12.8. The van der Waals surface area contributed by atoms with Crippen molar-refractivity contribution in [1.29, 1.82) is 0 Å². The summed E-state index contributed by atoms with van der Waals surface area (Å²) >= 11 is 0. The lowest BCUT2D eigenvalue weighted by Crippen LogP contribution is -2.57. The van der Waals surface area contributed by atoms with E-state index in [4.69, 9.17) is 4.42 Å². The Labute approximate surface area is 172 Å². The highest BCUT2D eigenvalue weighted by Crippen LogP contribution is 2.17. The van der Waals surface area contributed by atoms with Crippen molar-refractivity contribution in [3.63, 3.8) is 0 Å². The molecule has 3 rings (SSSR count). The Morgan fingerprint density at radius 3 is 2.14 bits per heavy atom. The molecule has 9 nitrogen and oxygen atoms in total. The minimum Gasteiger partial charge on any atom is -0.443 e. The molecule has 29 heavy (non-hydrogen) atoms. The van der Waals surface area contributed by atoms with Gasteiger partial charge in [-0.05, 0) is 38.9 Å². The van der Waals surface area contributed by atoms with Gasteiger partial charge in [0.15, 0.2) is 11.5 Å². The van der Waals surface area contributed by atoms with Crippen LogP contribution in [0.25, 0.3) is 0 Å². The average molecular weight is 425 g/mol. The maximum Gasteiger partial charge on any atom is 0.289 e. The normalized spacial score (nSPS) is 20.3. The first-order valence-electron chi connectivity index (χ1n) is 9.65. The number of carbonyl (C=O) groups excluding carboxylic acids is 1. The molecule has 0 saturated carbocycles. The number of piperazine rings is 2. The fourth-order valence-corrected chi connectivity index (χ4v) is 4.77. The van der Waals surface area contributed by atoms with Gasteiger partial charge in [-0.3, -0.25) is 4.79 Å². The van der Waals surface area contributed by atoms with Crippen LogP contribution < -0.4 is 0 Å². The Kier molecular flexibility index (Phi) is 6.36. The van der Waals surface area contributed by atoms with Crippen molar-refractivity contribution in [2.75, 3.05) is 59.4 Å². The third kappa shape index (κ3) is 5.38. The fourth-order valence-electron chi connectivity index (χ4n) is 3.19. The molecule has 0 spiro atoms. The van der Waals surface area contributed by atoms with Gasteiger partial charge in [-0.2, -0.15) is 17.0 Å². The summed E-state index contributed by atoms with van der Waals surface area (Å²) in [6.07, 6.45) is 0. The third-order valence-electron chi connectivity index (χ3n) is 4.95. The summed E-state index contributed by atoms with van der Waals surface area (Å²) in [6, 6.07) is 3.13. The molecule has 160 valence electrons. The smallest absolute Gasteiger partial charge is 0.289 e. The van der Waals surface area contributed by atoms with E-state index in [1.165, 1.54) is 8.61 Å². The van der Waals surface area contributed by atoms with E-state index in [1.807, 2.05) is 7.05 Å². The monoisotopic (exact) mass is 424 g/mol. The van der Waals surface area contributed by atoms with Gasteiger partial charge in [0.1, 0.15) is 5.60 Å². The van der Waals surface area contributed by atoms with Crippen molar-refractivity contribution < 1.29 is 22.7 Å². The average Bonchev–Trinajstić information content (AvgIpc) is 3.15. The fraction of sp³-hybridized carbons (Fsp3) is 0.632. The number of furan rings is 1. The number of hydrogen-bond donors (Lipinski definition) is 1. The van der Waals surface area contributed by atoms with Gasteiger partial charge in [-0.1, -0.05) is 5.92 Å². The quantitative estimate of drug-likeness (QED) is 0.667. The van der Waals surface area contributed by atoms with E-state index >= 15 is 0 Å². The minimum absolute atomic E-state index is 0.153. The van der Waals surface area contributed by atoms with Crippen molar-refractivity contribution in [3.8, 4) is 11.8 Å². The van der Waals surface area contributed by atoms with Crippen LogP contribution in [0, 0.1) is 11.8 Å². The molecule has 1 aromatic rings. The van der Waals surface area contributed by atoms with Crippen LogP contribution in [-0.2, 0) is 10.2 Å². The van der Waals surface area contributed by atoms with Crippen LogP contribution in [0.4, 0.5) is 0 Å². The highest BCUT2D eigenvalue weighted by atomic mass is 32.2. The molecule has 2 saturated heterocycles. The highest BCUT2D eigenvalue weighted by molar-refractivity contribution is 7.86. The molecule has 0 aromatic carbocycles. The van der Waals surface area contributed by atoms with E-state index in [-0.39, 0.29) is 24.8 Å². The summed E-state index contributed by atoms with van der Waals surface area (Å²) < 4.78 is 34.1. The Morgan fingerprint density at radius 1 is 1.03 bits per heavy atom. The van der Waals surface area contributed by atoms with Gasteiger partial charge in [0, 0.05) is 52.4 Å². The molecule has 2 aliphatic rings. The van der Waals surface area contributed by atoms with Gasteiger partial charge >= 0.3 is 0 Å². The molecular formula is C19H28N4O5S. The molecule has 0 aliphatic carbocycles. The zero-order chi connectivity index (χ0) is 21.2.